The summed E-state index contributed by atoms with van der Waals surface area (Å²) in [6.07, 6.45) is 2.99. The summed E-state index contributed by atoms with van der Waals surface area (Å²) in [5.41, 5.74) is 6.04. The van der Waals surface area contributed by atoms with Crippen molar-refractivity contribution >= 4 is 16.8 Å². The van der Waals surface area contributed by atoms with Crippen molar-refractivity contribution in [2.24, 2.45) is 0 Å². The van der Waals surface area contributed by atoms with E-state index >= 15 is 0 Å². The topological polar surface area (TPSA) is 63.6 Å². The van der Waals surface area contributed by atoms with Gasteiger partial charge in [-0.25, -0.2) is 9.67 Å². The lowest BCUT2D eigenvalue weighted by molar-refractivity contribution is 0.0963. The number of H-pyrrole nitrogens is 1. The van der Waals surface area contributed by atoms with Gasteiger partial charge in [-0.2, -0.15) is 5.10 Å². The van der Waals surface area contributed by atoms with Gasteiger partial charge in [-0.1, -0.05) is 50.2 Å². The maximum atomic E-state index is 12.8. The monoisotopic (exact) mass is 370 g/mol. The highest BCUT2D eigenvalue weighted by Crippen LogP contribution is 2.34. The Balaban J connectivity index is 1.52. The van der Waals surface area contributed by atoms with Gasteiger partial charge >= 0.3 is 0 Å². The van der Waals surface area contributed by atoms with E-state index in [0.29, 0.717) is 18.3 Å². The van der Waals surface area contributed by atoms with Crippen molar-refractivity contribution in [2.45, 2.75) is 38.5 Å². The number of aromatic nitrogens is 4. The van der Waals surface area contributed by atoms with Gasteiger partial charge in [0.1, 0.15) is 0 Å². The van der Waals surface area contributed by atoms with Crippen LogP contribution in [0.2, 0.25) is 0 Å². The zero-order chi connectivity index (χ0) is 19.3. The minimum atomic E-state index is 0.154. The van der Waals surface area contributed by atoms with Crippen molar-refractivity contribution in [3.05, 3.63) is 77.1 Å². The molecule has 0 amide bonds. The molecule has 28 heavy (non-hydrogen) atoms. The van der Waals surface area contributed by atoms with Gasteiger partial charge in [0.2, 0.25) is 5.95 Å². The molecular formula is C23H22N4O. The van der Waals surface area contributed by atoms with E-state index in [1.165, 1.54) is 11.1 Å². The van der Waals surface area contributed by atoms with Crippen LogP contribution in [0.4, 0.5) is 0 Å². The van der Waals surface area contributed by atoms with Crippen LogP contribution in [0.3, 0.4) is 0 Å². The van der Waals surface area contributed by atoms with Gasteiger partial charge in [-0.15, -0.1) is 0 Å². The van der Waals surface area contributed by atoms with E-state index in [9.17, 15) is 4.79 Å². The number of carbonyl (C=O) groups excluding carboxylic acids is 1. The Labute approximate surface area is 163 Å². The number of carbonyl (C=O) groups is 1. The summed E-state index contributed by atoms with van der Waals surface area (Å²) >= 11 is 0. The highest BCUT2D eigenvalue weighted by Gasteiger charge is 2.30. The minimum absolute atomic E-state index is 0.154. The fourth-order valence-electron chi connectivity index (χ4n) is 4.05. The Morgan fingerprint density at radius 3 is 2.61 bits per heavy atom. The molecule has 1 atom stereocenters. The molecule has 140 valence electrons. The normalized spacial score (nSPS) is 16.7. The molecule has 0 bridgehead atoms. The SMILES string of the molecule is CC(C)c1ccc(C2CC(=O)c3cnn(-c4nc5ccccc5[nH]4)c3C2)cc1. The molecule has 0 radical (unpaired) electrons. The van der Waals surface area contributed by atoms with Gasteiger partial charge < -0.3 is 4.98 Å². The molecule has 2 aromatic carbocycles. The Hall–Kier alpha value is -3.21. The molecule has 5 nitrogen and oxygen atoms in total. The smallest absolute Gasteiger partial charge is 0.229 e. The van der Waals surface area contributed by atoms with Crippen molar-refractivity contribution in [3.63, 3.8) is 0 Å². The maximum absolute atomic E-state index is 12.8. The lowest BCUT2D eigenvalue weighted by Gasteiger charge is -2.23. The Morgan fingerprint density at radius 2 is 1.86 bits per heavy atom. The van der Waals surface area contributed by atoms with Gasteiger partial charge in [-0.3, -0.25) is 4.79 Å². The van der Waals surface area contributed by atoms with Crippen molar-refractivity contribution in [1.29, 1.82) is 0 Å². The first-order chi connectivity index (χ1) is 13.6. The first kappa shape index (κ1) is 16.9. The fourth-order valence-corrected chi connectivity index (χ4v) is 4.05. The summed E-state index contributed by atoms with van der Waals surface area (Å²) in [5, 5.41) is 4.48. The molecule has 1 N–H and O–H groups in total. The average molecular weight is 370 g/mol. The van der Waals surface area contributed by atoms with Gasteiger partial charge in [0.15, 0.2) is 5.78 Å². The van der Waals surface area contributed by atoms with E-state index in [1.807, 2.05) is 24.3 Å². The number of benzene rings is 2. The standard InChI is InChI=1S/C23H22N4O/c1-14(2)15-7-9-16(10-8-15)17-11-21-18(22(28)12-17)13-24-27(21)23-25-19-5-3-4-6-20(19)26-23/h3-10,13-14,17H,11-12H2,1-2H3,(H,25,26). The van der Waals surface area contributed by atoms with Crippen LogP contribution in [0, 0.1) is 0 Å². The third kappa shape index (κ3) is 2.74. The van der Waals surface area contributed by atoms with Gasteiger partial charge in [0.25, 0.3) is 0 Å². The molecule has 4 aromatic rings. The fraction of sp³-hybridized carbons (Fsp3) is 0.261. The first-order valence-electron chi connectivity index (χ1n) is 9.75. The summed E-state index contributed by atoms with van der Waals surface area (Å²) < 4.78 is 1.79. The number of nitrogens with zero attached hydrogens (tertiary/aromatic N) is 3. The number of fused-ring (bicyclic) bond motifs is 2. The Bertz CT molecular complexity index is 1130. The molecule has 2 aromatic heterocycles. The van der Waals surface area contributed by atoms with Crippen molar-refractivity contribution in [1.82, 2.24) is 19.7 Å². The third-order valence-corrected chi connectivity index (χ3v) is 5.69. The average Bonchev–Trinajstić information content (AvgIpc) is 3.32. The van der Waals surface area contributed by atoms with Crippen LogP contribution >= 0.6 is 0 Å². The summed E-state index contributed by atoms with van der Waals surface area (Å²) in [4.78, 5) is 20.7. The molecule has 0 saturated carbocycles. The van der Waals surface area contributed by atoms with E-state index in [-0.39, 0.29) is 11.7 Å². The van der Waals surface area contributed by atoms with E-state index in [0.717, 1.165) is 28.7 Å². The van der Waals surface area contributed by atoms with Crippen LogP contribution in [0.1, 0.15) is 59.3 Å². The van der Waals surface area contributed by atoms with E-state index < -0.39 is 0 Å². The van der Waals surface area contributed by atoms with Crippen LogP contribution in [-0.2, 0) is 6.42 Å². The molecule has 2 heterocycles. The quantitative estimate of drug-likeness (QED) is 0.564. The maximum Gasteiger partial charge on any atom is 0.229 e. The van der Waals surface area contributed by atoms with Gasteiger partial charge in [0, 0.05) is 6.42 Å². The second-order valence-electron chi connectivity index (χ2n) is 7.84. The highest BCUT2D eigenvalue weighted by molar-refractivity contribution is 5.98. The molecule has 5 rings (SSSR count). The largest absolute Gasteiger partial charge is 0.322 e. The summed E-state index contributed by atoms with van der Waals surface area (Å²) in [7, 11) is 0. The second kappa shape index (κ2) is 6.44. The van der Waals surface area contributed by atoms with Gasteiger partial charge in [-0.05, 0) is 41.5 Å². The zero-order valence-corrected chi connectivity index (χ0v) is 16.0. The predicted octanol–water partition coefficient (Wildman–Crippen LogP) is 4.78. The number of para-hydroxylation sites is 2. The molecule has 0 aliphatic heterocycles. The number of rotatable bonds is 3. The molecule has 0 saturated heterocycles. The Morgan fingerprint density at radius 1 is 1.07 bits per heavy atom. The Kier molecular flexibility index (Phi) is 3.90. The number of imidazole rings is 1. The van der Waals surface area contributed by atoms with Crippen molar-refractivity contribution < 1.29 is 4.79 Å². The number of aromatic amines is 1. The highest BCUT2D eigenvalue weighted by atomic mass is 16.1. The molecule has 1 aliphatic carbocycles. The number of ketones is 1. The van der Waals surface area contributed by atoms with Gasteiger partial charge in [0.05, 0.1) is 28.5 Å². The van der Waals surface area contributed by atoms with Crippen LogP contribution in [0.15, 0.2) is 54.7 Å². The summed E-state index contributed by atoms with van der Waals surface area (Å²) in [5.74, 6) is 1.48. The van der Waals surface area contributed by atoms with Crippen LogP contribution in [0.5, 0.6) is 0 Å². The van der Waals surface area contributed by atoms with Crippen molar-refractivity contribution in [2.75, 3.05) is 0 Å². The lowest BCUT2D eigenvalue weighted by Crippen LogP contribution is -2.20. The number of nitrogens with one attached hydrogen (secondary N) is 1. The third-order valence-electron chi connectivity index (χ3n) is 5.69. The zero-order valence-electron chi connectivity index (χ0n) is 16.0. The predicted molar refractivity (Wildman–Crippen MR) is 109 cm³/mol. The van der Waals surface area contributed by atoms with Crippen molar-refractivity contribution in [3.8, 4) is 5.95 Å². The second-order valence-corrected chi connectivity index (χ2v) is 7.84. The van der Waals surface area contributed by atoms with E-state index in [4.69, 9.17) is 0 Å². The summed E-state index contributed by atoms with van der Waals surface area (Å²) in [6, 6.07) is 16.6. The molecule has 0 fully saturated rings. The molecule has 1 unspecified atom stereocenters. The van der Waals surface area contributed by atoms with E-state index in [2.05, 4.69) is 53.2 Å². The minimum Gasteiger partial charge on any atom is -0.322 e. The van der Waals surface area contributed by atoms with Crippen LogP contribution in [-0.4, -0.2) is 25.5 Å². The number of Topliss-reactive ketones (excluding diaryl/α,β-unsaturated/α-hetero) is 1. The van der Waals surface area contributed by atoms with E-state index in [1.54, 1.807) is 10.9 Å². The lowest BCUT2D eigenvalue weighted by atomic mass is 9.82. The van der Waals surface area contributed by atoms with Crippen LogP contribution < -0.4 is 0 Å². The molecule has 1 aliphatic rings. The summed E-state index contributed by atoms with van der Waals surface area (Å²) in [6.45, 7) is 4.38. The first-order valence-corrected chi connectivity index (χ1v) is 9.75. The molecule has 5 heteroatoms. The molecule has 0 spiro atoms. The molecular weight excluding hydrogens is 348 g/mol. The number of hydrogen-bond donors (Lipinski definition) is 1. The number of hydrogen-bond acceptors (Lipinski definition) is 3. The van der Waals surface area contributed by atoms with Crippen LogP contribution in [0.25, 0.3) is 17.0 Å².